The number of hydrogen-bond acceptors (Lipinski definition) is 3. The van der Waals surface area contributed by atoms with Crippen LogP contribution in [0.4, 0.5) is 10.1 Å². The highest BCUT2D eigenvalue weighted by Gasteiger charge is 2.12. The summed E-state index contributed by atoms with van der Waals surface area (Å²) in [4.78, 5) is 4.26. The van der Waals surface area contributed by atoms with Crippen LogP contribution in [0, 0.1) is 5.82 Å². The molecule has 3 rings (SSSR count). The molecule has 0 amide bonds. The molecule has 1 heterocycles. The Bertz CT molecular complexity index is 739. The maximum Gasteiger partial charge on any atom is 0.230 e. The Morgan fingerprint density at radius 1 is 1.17 bits per heavy atom. The van der Waals surface area contributed by atoms with Gasteiger partial charge in [-0.25, -0.2) is 9.37 Å². The van der Waals surface area contributed by atoms with Crippen molar-refractivity contribution in [1.82, 2.24) is 4.98 Å². The van der Waals surface area contributed by atoms with Crippen LogP contribution in [0.5, 0.6) is 0 Å². The summed E-state index contributed by atoms with van der Waals surface area (Å²) in [6, 6.07) is 9.87. The molecule has 0 atom stereocenters. The molecule has 0 aliphatic heterocycles. The van der Waals surface area contributed by atoms with E-state index in [1.165, 1.54) is 6.07 Å². The number of nitrogen functional groups attached to an aromatic ring is 1. The van der Waals surface area contributed by atoms with Crippen molar-refractivity contribution in [3.63, 3.8) is 0 Å². The molecule has 3 aromatic rings. The Kier molecular flexibility index (Phi) is 2.56. The smallest absolute Gasteiger partial charge is 0.230 e. The van der Waals surface area contributed by atoms with Crippen molar-refractivity contribution in [1.29, 1.82) is 0 Å². The van der Waals surface area contributed by atoms with Gasteiger partial charge in [-0.3, -0.25) is 0 Å². The van der Waals surface area contributed by atoms with Crippen LogP contribution in [0.3, 0.4) is 0 Å². The first-order valence-corrected chi connectivity index (χ1v) is 6.04. The van der Waals surface area contributed by atoms with Gasteiger partial charge in [0.1, 0.15) is 11.3 Å². The third-order valence-electron chi connectivity index (χ3n) is 2.57. The molecule has 2 N–H and O–H groups in total. The molecule has 0 bridgehead atoms. The summed E-state index contributed by atoms with van der Waals surface area (Å²) in [7, 11) is 0. The van der Waals surface area contributed by atoms with Crippen LogP contribution in [-0.2, 0) is 0 Å². The van der Waals surface area contributed by atoms with Crippen LogP contribution in [-0.4, -0.2) is 4.98 Å². The Hall–Kier alpha value is -1.88. The number of nitrogens with two attached hydrogens (primary N) is 1. The van der Waals surface area contributed by atoms with Crippen molar-refractivity contribution in [3.8, 4) is 11.5 Å². The van der Waals surface area contributed by atoms with E-state index in [1.807, 2.05) is 12.1 Å². The molecule has 0 aliphatic rings. The fraction of sp³-hybridized carbons (Fsp3) is 0. The van der Waals surface area contributed by atoms with E-state index in [1.54, 1.807) is 18.2 Å². The number of benzene rings is 2. The van der Waals surface area contributed by atoms with Gasteiger partial charge in [0.05, 0.1) is 5.56 Å². The molecular formula is C13H8BrFN2O. The van der Waals surface area contributed by atoms with Crippen LogP contribution in [0.25, 0.3) is 22.6 Å². The van der Waals surface area contributed by atoms with E-state index in [2.05, 4.69) is 20.9 Å². The summed E-state index contributed by atoms with van der Waals surface area (Å²) in [6.07, 6.45) is 0. The monoisotopic (exact) mass is 306 g/mol. The zero-order valence-corrected chi connectivity index (χ0v) is 10.7. The first kappa shape index (κ1) is 11.2. The molecule has 0 unspecified atom stereocenters. The Labute approximate surface area is 111 Å². The van der Waals surface area contributed by atoms with Crippen LogP contribution in [0.1, 0.15) is 0 Å². The second-order valence-corrected chi connectivity index (χ2v) is 4.79. The maximum atomic E-state index is 13.8. The van der Waals surface area contributed by atoms with Crippen molar-refractivity contribution in [3.05, 3.63) is 46.7 Å². The van der Waals surface area contributed by atoms with E-state index in [9.17, 15) is 4.39 Å². The number of oxazole rings is 1. The fourth-order valence-corrected chi connectivity index (χ4v) is 2.07. The van der Waals surface area contributed by atoms with Crippen LogP contribution in [0.2, 0.25) is 0 Å². The molecule has 0 fully saturated rings. The van der Waals surface area contributed by atoms with Crippen LogP contribution in [0.15, 0.2) is 45.3 Å². The van der Waals surface area contributed by atoms with Gasteiger partial charge < -0.3 is 10.2 Å². The largest absolute Gasteiger partial charge is 0.436 e. The molecule has 3 nitrogen and oxygen atoms in total. The highest BCUT2D eigenvalue weighted by atomic mass is 79.9. The zero-order valence-electron chi connectivity index (χ0n) is 9.15. The van der Waals surface area contributed by atoms with Gasteiger partial charge in [-0.15, -0.1) is 0 Å². The number of anilines is 1. The van der Waals surface area contributed by atoms with Gasteiger partial charge >= 0.3 is 0 Å². The average molecular weight is 307 g/mol. The number of halogens is 2. The number of nitrogens with zero attached hydrogens (tertiary/aromatic N) is 1. The number of fused-ring (bicyclic) bond motifs is 1. The molecule has 1 aromatic heterocycles. The second-order valence-electron chi connectivity index (χ2n) is 3.87. The van der Waals surface area contributed by atoms with Gasteiger partial charge in [-0.1, -0.05) is 15.9 Å². The minimum atomic E-state index is -0.444. The van der Waals surface area contributed by atoms with E-state index in [0.717, 1.165) is 4.47 Å². The van der Waals surface area contributed by atoms with Gasteiger partial charge in [-0.2, -0.15) is 0 Å². The van der Waals surface area contributed by atoms with Crippen molar-refractivity contribution in [2.24, 2.45) is 0 Å². The van der Waals surface area contributed by atoms with Gasteiger partial charge in [-0.05, 0) is 36.4 Å². The maximum absolute atomic E-state index is 13.8. The van der Waals surface area contributed by atoms with Crippen LogP contribution >= 0.6 is 15.9 Å². The Balaban J connectivity index is 2.19. The van der Waals surface area contributed by atoms with Crippen molar-refractivity contribution >= 4 is 32.7 Å². The topological polar surface area (TPSA) is 52.0 Å². The first-order valence-electron chi connectivity index (χ1n) is 5.25. The quantitative estimate of drug-likeness (QED) is 0.692. The lowest BCUT2D eigenvalue weighted by atomic mass is 10.2. The van der Waals surface area contributed by atoms with Gasteiger partial charge in [0.2, 0.25) is 5.89 Å². The molecule has 0 aliphatic carbocycles. The number of rotatable bonds is 1. The molecular weight excluding hydrogens is 299 g/mol. The first-order chi connectivity index (χ1) is 8.63. The van der Waals surface area contributed by atoms with E-state index in [0.29, 0.717) is 22.4 Å². The normalized spacial score (nSPS) is 11.0. The van der Waals surface area contributed by atoms with Gasteiger partial charge in [0.25, 0.3) is 0 Å². The van der Waals surface area contributed by atoms with E-state index >= 15 is 0 Å². The summed E-state index contributed by atoms with van der Waals surface area (Å²) in [5.41, 5.74) is 7.47. The highest BCUT2D eigenvalue weighted by molar-refractivity contribution is 9.10. The van der Waals surface area contributed by atoms with Crippen molar-refractivity contribution in [2.45, 2.75) is 0 Å². The molecule has 0 radical (unpaired) electrons. The molecule has 0 saturated carbocycles. The summed E-state index contributed by atoms with van der Waals surface area (Å²) < 4.78 is 20.2. The predicted molar refractivity (Wildman–Crippen MR) is 71.5 cm³/mol. The standard InChI is InChI=1S/C13H8BrFN2O/c14-7-1-4-12-11(5-7)17-13(18-12)9-3-2-8(16)6-10(9)15/h1-6H,16H2. The summed E-state index contributed by atoms with van der Waals surface area (Å²) in [5, 5.41) is 0. The van der Waals surface area contributed by atoms with Gasteiger partial charge in [0, 0.05) is 10.2 Å². The van der Waals surface area contributed by atoms with Gasteiger partial charge in [0.15, 0.2) is 5.58 Å². The SMILES string of the molecule is Nc1ccc(-c2nc3cc(Br)ccc3o2)c(F)c1. The van der Waals surface area contributed by atoms with E-state index in [-0.39, 0.29) is 5.89 Å². The van der Waals surface area contributed by atoms with E-state index in [4.69, 9.17) is 10.2 Å². The van der Waals surface area contributed by atoms with Crippen molar-refractivity contribution < 1.29 is 8.81 Å². The molecule has 2 aromatic carbocycles. The summed E-state index contributed by atoms with van der Waals surface area (Å²) in [6.45, 7) is 0. The lowest BCUT2D eigenvalue weighted by molar-refractivity contribution is 0.594. The molecule has 0 saturated heterocycles. The number of aromatic nitrogens is 1. The van der Waals surface area contributed by atoms with Crippen molar-refractivity contribution in [2.75, 3.05) is 5.73 Å². The Morgan fingerprint density at radius 2 is 2.00 bits per heavy atom. The fourth-order valence-electron chi connectivity index (χ4n) is 1.72. The predicted octanol–water partition coefficient (Wildman–Crippen LogP) is 3.98. The third kappa shape index (κ3) is 1.86. The second kappa shape index (κ2) is 4.10. The number of hydrogen-bond donors (Lipinski definition) is 1. The minimum absolute atomic E-state index is 0.251. The lowest BCUT2D eigenvalue weighted by Gasteiger charge is -1.98. The molecule has 18 heavy (non-hydrogen) atoms. The molecule has 0 spiro atoms. The minimum Gasteiger partial charge on any atom is -0.436 e. The molecule has 5 heteroatoms. The van der Waals surface area contributed by atoms with E-state index < -0.39 is 5.82 Å². The average Bonchev–Trinajstić information content (AvgIpc) is 2.71. The lowest BCUT2D eigenvalue weighted by Crippen LogP contribution is -1.89. The highest BCUT2D eigenvalue weighted by Crippen LogP contribution is 2.28. The summed E-state index contributed by atoms with van der Waals surface area (Å²) in [5.74, 6) is -0.193. The zero-order chi connectivity index (χ0) is 12.7. The van der Waals surface area contributed by atoms with Crippen LogP contribution < -0.4 is 5.73 Å². The third-order valence-corrected chi connectivity index (χ3v) is 3.07. The summed E-state index contributed by atoms with van der Waals surface area (Å²) >= 11 is 3.35. The Morgan fingerprint density at radius 3 is 2.78 bits per heavy atom. The molecule has 90 valence electrons.